The summed E-state index contributed by atoms with van der Waals surface area (Å²) in [5.74, 6) is 0. The van der Waals surface area contributed by atoms with Gasteiger partial charge >= 0.3 is 0 Å². The van der Waals surface area contributed by atoms with Gasteiger partial charge in [0.15, 0.2) is 0 Å². The molecule has 0 radical (unpaired) electrons. The van der Waals surface area contributed by atoms with E-state index >= 15 is 0 Å². The minimum absolute atomic E-state index is 0.736. The molecule has 3 aromatic heterocycles. The van der Waals surface area contributed by atoms with Gasteiger partial charge in [0.25, 0.3) is 0 Å². The van der Waals surface area contributed by atoms with Gasteiger partial charge in [-0.3, -0.25) is 9.97 Å². The second-order valence-electron chi connectivity index (χ2n) is 4.83. The third-order valence-corrected chi connectivity index (χ3v) is 3.62. The molecule has 1 atom stereocenters. The highest BCUT2D eigenvalue weighted by Gasteiger charge is 2.18. The van der Waals surface area contributed by atoms with E-state index in [4.69, 9.17) is 0 Å². The maximum Gasteiger partial charge on any atom is 0.108 e. The van der Waals surface area contributed by atoms with Gasteiger partial charge in [-0.15, -0.1) is 0 Å². The average molecular weight is 276 g/mol. The topological polar surface area (TPSA) is 63.3 Å². The Balaban J connectivity index is 1.92. The van der Waals surface area contributed by atoms with Crippen molar-refractivity contribution < 1.29 is 5.11 Å². The highest BCUT2D eigenvalue weighted by Crippen LogP contribution is 2.29. The summed E-state index contributed by atoms with van der Waals surface area (Å²) >= 11 is 0. The van der Waals surface area contributed by atoms with Gasteiger partial charge in [0.05, 0.1) is 23.4 Å². The van der Waals surface area contributed by atoms with Crippen LogP contribution in [-0.2, 0) is 0 Å². The van der Waals surface area contributed by atoms with E-state index in [0.717, 1.165) is 27.5 Å². The molecular weight excluding hydrogens is 264 g/mol. The zero-order chi connectivity index (χ0) is 14.2. The maximum absolute atomic E-state index is 10.8. The first-order valence-corrected chi connectivity index (χ1v) is 6.63. The quantitative estimate of drug-likeness (QED) is 0.610. The monoisotopic (exact) mass is 276 g/mol. The van der Waals surface area contributed by atoms with Crippen molar-refractivity contribution in [1.29, 1.82) is 0 Å². The van der Waals surface area contributed by atoms with Crippen molar-refractivity contribution >= 4 is 16.4 Å². The van der Waals surface area contributed by atoms with Crippen LogP contribution in [0.25, 0.3) is 16.4 Å². The molecule has 5 nitrogen and oxygen atoms in total. The van der Waals surface area contributed by atoms with Crippen molar-refractivity contribution in [2.75, 3.05) is 0 Å². The minimum atomic E-state index is -0.764. The van der Waals surface area contributed by atoms with Crippen molar-refractivity contribution in [3.05, 3.63) is 72.4 Å². The van der Waals surface area contributed by atoms with E-state index in [1.165, 1.54) is 0 Å². The molecule has 4 aromatic rings. The van der Waals surface area contributed by atoms with Crippen LogP contribution in [0.5, 0.6) is 0 Å². The molecule has 0 bridgehead atoms. The number of rotatable bonds is 2. The first-order chi connectivity index (χ1) is 10.3. The Hall–Kier alpha value is -2.79. The van der Waals surface area contributed by atoms with Gasteiger partial charge in [-0.25, -0.2) is 4.52 Å². The molecule has 1 aromatic carbocycles. The molecule has 0 saturated carbocycles. The molecule has 0 saturated heterocycles. The van der Waals surface area contributed by atoms with E-state index < -0.39 is 6.10 Å². The molecule has 0 aliphatic rings. The van der Waals surface area contributed by atoms with Crippen molar-refractivity contribution in [1.82, 2.24) is 19.6 Å². The summed E-state index contributed by atoms with van der Waals surface area (Å²) in [5.41, 5.74) is 3.22. The van der Waals surface area contributed by atoms with E-state index in [2.05, 4.69) is 15.1 Å². The fourth-order valence-electron chi connectivity index (χ4n) is 2.60. The molecule has 0 aliphatic heterocycles. The van der Waals surface area contributed by atoms with Crippen molar-refractivity contribution in [3.63, 3.8) is 0 Å². The number of aromatic nitrogens is 4. The summed E-state index contributed by atoms with van der Waals surface area (Å²) in [7, 11) is 0. The number of nitrogens with zero attached hydrogens (tertiary/aromatic N) is 4. The predicted molar refractivity (Wildman–Crippen MR) is 78.8 cm³/mol. The molecule has 0 fully saturated rings. The van der Waals surface area contributed by atoms with Gasteiger partial charge in [0.1, 0.15) is 6.10 Å². The zero-order valence-electron chi connectivity index (χ0n) is 11.1. The summed E-state index contributed by atoms with van der Waals surface area (Å²) in [5, 5.41) is 16.0. The van der Waals surface area contributed by atoms with Gasteiger partial charge in [-0.2, -0.15) is 5.10 Å². The van der Waals surface area contributed by atoms with Crippen LogP contribution in [0.2, 0.25) is 0 Å². The number of aliphatic hydroxyl groups is 1. The summed E-state index contributed by atoms with van der Waals surface area (Å²) in [6.07, 6.45) is 7.79. The van der Waals surface area contributed by atoms with Crippen LogP contribution in [0, 0.1) is 0 Å². The van der Waals surface area contributed by atoms with Crippen LogP contribution in [0.4, 0.5) is 0 Å². The lowest BCUT2D eigenvalue weighted by molar-refractivity contribution is 0.223. The van der Waals surface area contributed by atoms with Crippen LogP contribution in [-0.4, -0.2) is 24.7 Å². The molecule has 4 rings (SSSR count). The lowest BCUT2D eigenvalue weighted by Gasteiger charge is -2.12. The lowest BCUT2D eigenvalue weighted by atomic mass is 9.99. The van der Waals surface area contributed by atoms with Gasteiger partial charge in [-0.05, 0) is 17.7 Å². The standard InChI is InChI=1S/C16H12N4O/c21-16(13-9-19-20-8-7-17-10-15(13)20)12-3-1-5-14-11(12)4-2-6-18-14/h1-10,16,21H. The number of benzene rings is 1. The Morgan fingerprint density at radius 3 is 2.90 bits per heavy atom. The van der Waals surface area contributed by atoms with Crippen LogP contribution in [0.1, 0.15) is 17.2 Å². The number of fused-ring (bicyclic) bond motifs is 2. The number of aliphatic hydroxyl groups excluding tert-OH is 1. The molecule has 21 heavy (non-hydrogen) atoms. The molecule has 0 spiro atoms. The maximum atomic E-state index is 10.8. The van der Waals surface area contributed by atoms with Crippen LogP contribution >= 0.6 is 0 Å². The molecule has 0 aliphatic carbocycles. The Labute approximate surface area is 120 Å². The largest absolute Gasteiger partial charge is 0.383 e. The summed E-state index contributed by atoms with van der Waals surface area (Å²) < 4.78 is 1.70. The van der Waals surface area contributed by atoms with Gasteiger partial charge in [0, 0.05) is 29.5 Å². The molecule has 5 heteroatoms. The molecular formula is C16H12N4O. The van der Waals surface area contributed by atoms with Gasteiger partial charge in [-0.1, -0.05) is 18.2 Å². The minimum Gasteiger partial charge on any atom is -0.383 e. The third-order valence-electron chi connectivity index (χ3n) is 3.62. The van der Waals surface area contributed by atoms with Crippen LogP contribution in [0.15, 0.2) is 61.3 Å². The highest BCUT2D eigenvalue weighted by atomic mass is 16.3. The first kappa shape index (κ1) is 12.0. The average Bonchev–Trinajstić information content (AvgIpc) is 2.98. The molecule has 3 heterocycles. The molecule has 0 amide bonds. The van der Waals surface area contributed by atoms with Crippen LogP contribution in [0.3, 0.4) is 0 Å². The van der Waals surface area contributed by atoms with Crippen LogP contribution < -0.4 is 0 Å². The second-order valence-corrected chi connectivity index (χ2v) is 4.83. The summed E-state index contributed by atoms with van der Waals surface area (Å²) in [4.78, 5) is 8.42. The summed E-state index contributed by atoms with van der Waals surface area (Å²) in [6, 6.07) is 9.58. The van der Waals surface area contributed by atoms with E-state index in [1.807, 2.05) is 30.3 Å². The highest BCUT2D eigenvalue weighted by molar-refractivity contribution is 5.83. The fourth-order valence-corrected chi connectivity index (χ4v) is 2.60. The Bertz CT molecular complexity index is 926. The van der Waals surface area contributed by atoms with Crippen molar-refractivity contribution in [2.24, 2.45) is 0 Å². The van der Waals surface area contributed by atoms with Gasteiger partial charge in [0.2, 0.25) is 0 Å². The third kappa shape index (κ3) is 1.86. The molecule has 1 unspecified atom stereocenters. The number of hydrogen-bond acceptors (Lipinski definition) is 4. The van der Waals surface area contributed by atoms with Crippen molar-refractivity contribution in [3.8, 4) is 0 Å². The predicted octanol–water partition coefficient (Wildman–Crippen LogP) is 2.36. The number of pyridine rings is 1. The van der Waals surface area contributed by atoms with E-state index in [9.17, 15) is 5.11 Å². The normalized spacial score (nSPS) is 12.8. The van der Waals surface area contributed by atoms with E-state index in [-0.39, 0.29) is 0 Å². The smallest absolute Gasteiger partial charge is 0.108 e. The SMILES string of the molecule is OC(c1cccc2ncccc12)c1cnn2ccncc12. The van der Waals surface area contributed by atoms with E-state index in [0.29, 0.717) is 0 Å². The zero-order valence-corrected chi connectivity index (χ0v) is 11.1. The second kappa shape index (κ2) is 4.64. The first-order valence-electron chi connectivity index (χ1n) is 6.63. The number of hydrogen-bond donors (Lipinski definition) is 1. The Morgan fingerprint density at radius 2 is 1.95 bits per heavy atom. The summed E-state index contributed by atoms with van der Waals surface area (Å²) in [6.45, 7) is 0. The van der Waals surface area contributed by atoms with E-state index in [1.54, 1.807) is 35.5 Å². The van der Waals surface area contributed by atoms with Crippen molar-refractivity contribution in [2.45, 2.75) is 6.10 Å². The van der Waals surface area contributed by atoms with Gasteiger partial charge < -0.3 is 5.11 Å². The fraction of sp³-hybridized carbons (Fsp3) is 0.0625. The Morgan fingerprint density at radius 1 is 1.00 bits per heavy atom. The molecule has 1 N–H and O–H groups in total. The molecule has 102 valence electrons. The Kier molecular flexibility index (Phi) is 2.65. The lowest BCUT2D eigenvalue weighted by Crippen LogP contribution is -2.01.